The predicted molar refractivity (Wildman–Crippen MR) is 106 cm³/mol. The van der Waals surface area contributed by atoms with Crippen LogP contribution in [0.4, 0.5) is 10.1 Å². The Kier molecular flexibility index (Phi) is 6.83. The summed E-state index contributed by atoms with van der Waals surface area (Å²) in [6.45, 7) is 3.04. The molecule has 0 radical (unpaired) electrons. The topological polar surface area (TPSA) is 93.7 Å². The molecule has 3 rings (SSSR count). The number of amides is 1. The van der Waals surface area contributed by atoms with Gasteiger partial charge in [-0.15, -0.1) is 0 Å². The minimum absolute atomic E-state index is 0.0257. The number of ether oxygens (including phenoxy) is 2. The maximum atomic E-state index is 14.2. The molecule has 1 aliphatic heterocycles. The highest BCUT2D eigenvalue weighted by atomic mass is 32.2. The second-order valence-corrected chi connectivity index (χ2v) is 8.28. The average Bonchev–Trinajstić information content (AvgIpc) is 3.22. The molecule has 1 unspecified atom stereocenters. The molecule has 9 heteroatoms. The summed E-state index contributed by atoms with van der Waals surface area (Å²) in [5.74, 6) is -0.815. The van der Waals surface area contributed by atoms with Crippen LogP contribution >= 0.6 is 0 Å². The second-order valence-electron chi connectivity index (χ2n) is 6.54. The van der Waals surface area contributed by atoms with Crippen molar-refractivity contribution in [2.24, 2.45) is 0 Å². The smallest absolute Gasteiger partial charge is 0.255 e. The first-order chi connectivity index (χ1) is 13.9. The molecule has 1 saturated heterocycles. The van der Waals surface area contributed by atoms with E-state index in [1.807, 2.05) is 6.92 Å². The zero-order valence-electron chi connectivity index (χ0n) is 16.0. The Hall–Kier alpha value is -2.49. The minimum atomic E-state index is -4.12. The summed E-state index contributed by atoms with van der Waals surface area (Å²) in [5.41, 5.74) is 0.529. The quantitative estimate of drug-likeness (QED) is 0.682. The van der Waals surface area contributed by atoms with Gasteiger partial charge in [0.1, 0.15) is 16.5 Å². The van der Waals surface area contributed by atoms with Gasteiger partial charge in [0.2, 0.25) is 10.0 Å². The summed E-state index contributed by atoms with van der Waals surface area (Å²) in [7, 11) is -4.12. The zero-order chi connectivity index (χ0) is 20.9. The summed E-state index contributed by atoms with van der Waals surface area (Å²) in [5, 5.41) is 2.65. The monoisotopic (exact) mass is 422 g/mol. The number of anilines is 1. The molecule has 1 amide bonds. The number of rotatable bonds is 8. The van der Waals surface area contributed by atoms with Gasteiger partial charge in [0.05, 0.1) is 12.7 Å². The summed E-state index contributed by atoms with van der Waals surface area (Å²) >= 11 is 0. The van der Waals surface area contributed by atoms with Crippen LogP contribution in [0.5, 0.6) is 5.75 Å². The molecule has 156 valence electrons. The van der Waals surface area contributed by atoms with Crippen LogP contribution in [-0.4, -0.2) is 40.2 Å². The molecule has 2 aromatic carbocycles. The lowest BCUT2D eigenvalue weighted by molar-refractivity contribution is 0.102. The largest absolute Gasteiger partial charge is 0.494 e. The van der Waals surface area contributed by atoms with E-state index >= 15 is 0 Å². The van der Waals surface area contributed by atoms with Gasteiger partial charge in [0.15, 0.2) is 0 Å². The molecule has 1 atom stereocenters. The maximum absolute atomic E-state index is 14.2. The van der Waals surface area contributed by atoms with Crippen molar-refractivity contribution in [2.75, 3.05) is 25.1 Å². The molecule has 2 N–H and O–H groups in total. The third-order valence-electron chi connectivity index (χ3n) is 4.43. The van der Waals surface area contributed by atoms with Crippen LogP contribution < -0.4 is 14.8 Å². The lowest BCUT2D eigenvalue weighted by atomic mass is 10.2. The molecule has 1 fully saturated rings. The van der Waals surface area contributed by atoms with Gasteiger partial charge in [-0.25, -0.2) is 17.5 Å². The number of carbonyl (C=O) groups is 1. The van der Waals surface area contributed by atoms with Crippen molar-refractivity contribution in [2.45, 2.75) is 30.8 Å². The molecule has 0 bridgehead atoms. The van der Waals surface area contributed by atoms with E-state index in [2.05, 4.69) is 10.0 Å². The molecule has 0 saturated carbocycles. The van der Waals surface area contributed by atoms with E-state index in [9.17, 15) is 17.6 Å². The van der Waals surface area contributed by atoms with Gasteiger partial charge in [-0.05, 0) is 62.2 Å². The van der Waals surface area contributed by atoms with Gasteiger partial charge in [0, 0.05) is 24.4 Å². The molecule has 0 spiro atoms. The fraction of sp³-hybridized carbons (Fsp3) is 0.350. The van der Waals surface area contributed by atoms with Gasteiger partial charge >= 0.3 is 0 Å². The van der Waals surface area contributed by atoms with Crippen LogP contribution in [0.2, 0.25) is 0 Å². The SMILES string of the molecule is CCOc1ccc(NC(=O)c2ccc(F)c(S(=O)(=O)NCC3CCCO3)c2)cc1. The number of benzene rings is 2. The highest BCUT2D eigenvalue weighted by Gasteiger charge is 2.24. The van der Waals surface area contributed by atoms with Gasteiger partial charge in [-0.1, -0.05) is 0 Å². The van der Waals surface area contributed by atoms with Gasteiger partial charge in [-0.2, -0.15) is 0 Å². The van der Waals surface area contributed by atoms with Crippen molar-refractivity contribution in [1.29, 1.82) is 0 Å². The molecule has 1 heterocycles. The van der Waals surface area contributed by atoms with Crippen molar-refractivity contribution in [3.05, 3.63) is 53.8 Å². The lowest BCUT2D eigenvalue weighted by Crippen LogP contribution is -2.32. The second kappa shape index (κ2) is 9.34. The molecular formula is C20H23FN2O5S. The first-order valence-corrected chi connectivity index (χ1v) is 10.8. The number of sulfonamides is 1. The Labute approximate surface area is 169 Å². The first-order valence-electron chi connectivity index (χ1n) is 9.34. The number of hydrogen-bond acceptors (Lipinski definition) is 5. The Morgan fingerprint density at radius 2 is 2.00 bits per heavy atom. The summed E-state index contributed by atoms with van der Waals surface area (Å²) in [4.78, 5) is 11.9. The molecular weight excluding hydrogens is 399 g/mol. The van der Waals surface area contributed by atoms with Crippen molar-refractivity contribution in [3.63, 3.8) is 0 Å². The highest BCUT2D eigenvalue weighted by molar-refractivity contribution is 7.89. The molecule has 7 nitrogen and oxygen atoms in total. The molecule has 29 heavy (non-hydrogen) atoms. The van der Waals surface area contributed by atoms with E-state index in [0.29, 0.717) is 24.7 Å². The minimum Gasteiger partial charge on any atom is -0.494 e. The van der Waals surface area contributed by atoms with Gasteiger partial charge in [0.25, 0.3) is 5.91 Å². The summed E-state index contributed by atoms with van der Waals surface area (Å²) in [6, 6.07) is 9.95. The summed E-state index contributed by atoms with van der Waals surface area (Å²) in [6.07, 6.45) is 1.39. The van der Waals surface area contributed by atoms with E-state index in [1.165, 1.54) is 6.07 Å². The van der Waals surface area contributed by atoms with Crippen LogP contribution in [0.25, 0.3) is 0 Å². The average molecular weight is 422 g/mol. The highest BCUT2D eigenvalue weighted by Crippen LogP contribution is 2.20. The van der Waals surface area contributed by atoms with Gasteiger partial charge < -0.3 is 14.8 Å². The predicted octanol–water partition coefficient (Wildman–Crippen LogP) is 2.93. The number of halogens is 1. The Morgan fingerprint density at radius 3 is 2.66 bits per heavy atom. The maximum Gasteiger partial charge on any atom is 0.255 e. The third kappa shape index (κ3) is 5.53. The fourth-order valence-corrected chi connectivity index (χ4v) is 4.11. The normalized spacial score (nSPS) is 16.6. The van der Waals surface area contributed by atoms with E-state index in [4.69, 9.17) is 9.47 Å². The lowest BCUT2D eigenvalue weighted by Gasteiger charge is -2.13. The van der Waals surface area contributed by atoms with Crippen LogP contribution in [-0.2, 0) is 14.8 Å². The third-order valence-corrected chi connectivity index (χ3v) is 5.87. The molecule has 2 aromatic rings. The number of carbonyl (C=O) groups excluding carboxylic acids is 1. The van der Waals surface area contributed by atoms with Crippen molar-refractivity contribution >= 4 is 21.6 Å². The fourth-order valence-electron chi connectivity index (χ4n) is 2.94. The number of hydrogen-bond donors (Lipinski definition) is 2. The van der Waals surface area contributed by atoms with E-state index < -0.39 is 26.6 Å². The Morgan fingerprint density at radius 1 is 1.24 bits per heavy atom. The van der Waals surface area contributed by atoms with Crippen LogP contribution in [0.3, 0.4) is 0 Å². The molecule has 1 aliphatic rings. The van der Waals surface area contributed by atoms with Gasteiger partial charge in [-0.3, -0.25) is 4.79 Å². The van der Waals surface area contributed by atoms with Crippen LogP contribution in [0.1, 0.15) is 30.1 Å². The van der Waals surface area contributed by atoms with Crippen molar-refractivity contribution in [1.82, 2.24) is 4.72 Å². The molecule has 0 aromatic heterocycles. The molecule has 0 aliphatic carbocycles. The van der Waals surface area contributed by atoms with Crippen molar-refractivity contribution in [3.8, 4) is 5.75 Å². The van der Waals surface area contributed by atoms with Crippen LogP contribution in [0.15, 0.2) is 47.4 Å². The van der Waals surface area contributed by atoms with Crippen molar-refractivity contribution < 1.29 is 27.1 Å². The Balaban J connectivity index is 1.72. The first kappa shape index (κ1) is 21.2. The van der Waals surface area contributed by atoms with E-state index in [1.54, 1.807) is 24.3 Å². The van der Waals surface area contributed by atoms with E-state index in [0.717, 1.165) is 25.0 Å². The van der Waals surface area contributed by atoms with E-state index in [-0.39, 0.29) is 18.2 Å². The zero-order valence-corrected chi connectivity index (χ0v) is 16.8. The Bertz CT molecular complexity index is 957. The summed E-state index contributed by atoms with van der Waals surface area (Å²) < 4.78 is 52.2. The standard InChI is InChI=1S/C20H23FN2O5S/c1-2-27-16-8-6-15(7-9-16)23-20(24)14-5-10-18(21)19(12-14)29(25,26)22-13-17-4-3-11-28-17/h5-10,12,17,22H,2-4,11,13H2,1H3,(H,23,24). The van der Waals surface area contributed by atoms with Crippen LogP contribution in [0, 0.1) is 5.82 Å². The number of nitrogens with one attached hydrogen (secondary N) is 2.